The van der Waals surface area contributed by atoms with Gasteiger partial charge in [-0.3, -0.25) is 9.59 Å². The minimum absolute atomic E-state index is 0.0551. The van der Waals surface area contributed by atoms with Crippen LogP contribution in [0.25, 0.3) is 0 Å². The molecule has 2 rings (SSSR count). The predicted octanol–water partition coefficient (Wildman–Crippen LogP) is 2.63. The van der Waals surface area contributed by atoms with Crippen LogP contribution in [0.3, 0.4) is 0 Å². The minimum Gasteiger partial charge on any atom is -0.322 e. The van der Waals surface area contributed by atoms with Crippen LogP contribution in [0.4, 0.5) is 14.5 Å². The SMILES string of the molecule is CC(=O)c1cc(C(=O)Nc2ccc(F)c(C#N)c2)c(F)n1C. The number of rotatable bonds is 3. The number of nitrogens with one attached hydrogen (secondary N) is 1. The number of nitrogens with zero attached hydrogens (tertiary/aromatic N) is 2. The fraction of sp³-hybridized carbons (Fsp3) is 0.133. The molecule has 0 saturated heterocycles. The number of ketones is 1. The number of carbonyl (C=O) groups is 2. The molecule has 0 bridgehead atoms. The van der Waals surface area contributed by atoms with Crippen LogP contribution in [0, 0.1) is 23.1 Å². The summed E-state index contributed by atoms with van der Waals surface area (Å²) in [7, 11) is 1.33. The lowest BCUT2D eigenvalue weighted by Gasteiger charge is -2.05. The molecule has 112 valence electrons. The highest BCUT2D eigenvalue weighted by atomic mass is 19.1. The van der Waals surface area contributed by atoms with Gasteiger partial charge in [-0.05, 0) is 24.3 Å². The van der Waals surface area contributed by atoms with Gasteiger partial charge in [0.25, 0.3) is 5.91 Å². The standard InChI is InChI=1S/C15H11F2N3O2/c1-8(21)13-6-11(14(17)20(13)2)15(22)19-10-3-4-12(16)9(5-10)7-18/h3-6H,1-2H3,(H,19,22). The van der Waals surface area contributed by atoms with Crippen molar-refractivity contribution < 1.29 is 18.4 Å². The van der Waals surface area contributed by atoms with E-state index >= 15 is 0 Å². The van der Waals surface area contributed by atoms with Crippen LogP contribution in [-0.2, 0) is 7.05 Å². The first kappa shape index (κ1) is 15.4. The van der Waals surface area contributed by atoms with Crippen LogP contribution in [0.1, 0.15) is 33.3 Å². The van der Waals surface area contributed by atoms with Crippen molar-refractivity contribution in [1.82, 2.24) is 4.57 Å². The number of anilines is 1. The van der Waals surface area contributed by atoms with E-state index in [2.05, 4.69) is 5.32 Å². The normalized spacial score (nSPS) is 10.1. The average Bonchev–Trinajstić information content (AvgIpc) is 2.77. The lowest BCUT2D eigenvalue weighted by atomic mass is 10.2. The molecule has 0 aliphatic carbocycles. The van der Waals surface area contributed by atoms with E-state index in [4.69, 9.17) is 5.26 Å². The van der Waals surface area contributed by atoms with E-state index in [1.165, 1.54) is 20.0 Å². The van der Waals surface area contributed by atoms with Gasteiger partial charge in [0.2, 0.25) is 5.95 Å². The van der Waals surface area contributed by atoms with Crippen molar-refractivity contribution in [1.29, 1.82) is 5.26 Å². The Morgan fingerprint density at radius 1 is 1.27 bits per heavy atom. The molecule has 0 radical (unpaired) electrons. The fourth-order valence-corrected chi connectivity index (χ4v) is 1.96. The average molecular weight is 303 g/mol. The monoisotopic (exact) mass is 303 g/mol. The van der Waals surface area contributed by atoms with Gasteiger partial charge in [0.05, 0.1) is 16.8 Å². The van der Waals surface area contributed by atoms with Crippen molar-refractivity contribution >= 4 is 17.4 Å². The Hall–Kier alpha value is -3.01. The van der Waals surface area contributed by atoms with E-state index in [0.29, 0.717) is 0 Å². The van der Waals surface area contributed by atoms with Gasteiger partial charge < -0.3 is 9.88 Å². The molecule has 1 heterocycles. The Morgan fingerprint density at radius 2 is 1.95 bits per heavy atom. The lowest BCUT2D eigenvalue weighted by molar-refractivity contribution is 0.100. The Morgan fingerprint density at radius 3 is 2.50 bits per heavy atom. The van der Waals surface area contributed by atoms with Crippen LogP contribution in [0.2, 0.25) is 0 Å². The third kappa shape index (κ3) is 2.72. The second-order valence-electron chi connectivity index (χ2n) is 4.61. The number of Topliss-reactive ketones (excluding diaryl/α,β-unsaturated/α-hetero) is 1. The third-order valence-electron chi connectivity index (χ3n) is 3.11. The zero-order chi connectivity index (χ0) is 16.4. The van der Waals surface area contributed by atoms with Gasteiger partial charge in [0.1, 0.15) is 11.9 Å². The summed E-state index contributed by atoms with van der Waals surface area (Å²) in [6, 6.07) is 6.19. The molecule has 1 amide bonds. The largest absolute Gasteiger partial charge is 0.322 e. The first-order valence-electron chi connectivity index (χ1n) is 6.22. The molecule has 0 saturated carbocycles. The van der Waals surface area contributed by atoms with Crippen molar-refractivity contribution in [3.05, 3.63) is 52.9 Å². The molecule has 0 atom stereocenters. The van der Waals surface area contributed by atoms with E-state index < -0.39 is 17.7 Å². The maximum absolute atomic E-state index is 14.0. The maximum Gasteiger partial charge on any atom is 0.260 e. The van der Waals surface area contributed by atoms with Gasteiger partial charge in [-0.2, -0.15) is 9.65 Å². The Bertz CT molecular complexity index is 819. The van der Waals surface area contributed by atoms with Crippen LogP contribution in [-0.4, -0.2) is 16.3 Å². The van der Waals surface area contributed by atoms with Gasteiger partial charge in [-0.1, -0.05) is 0 Å². The summed E-state index contributed by atoms with van der Waals surface area (Å²) >= 11 is 0. The van der Waals surface area contributed by atoms with Crippen LogP contribution in [0.5, 0.6) is 0 Å². The number of nitriles is 1. The van der Waals surface area contributed by atoms with E-state index in [9.17, 15) is 18.4 Å². The highest BCUT2D eigenvalue weighted by Gasteiger charge is 2.21. The molecule has 2 aromatic rings. The van der Waals surface area contributed by atoms with Crippen LogP contribution < -0.4 is 5.32 Å². The smallest absolute Gasteiger partial charge is 0.260 e. The van der Waals surface area contributed by atoms with Crippen LogP contribution in [0.15, 0.2) is 24.3 Å². The molecule has 22 heavy (non-hydrogen) atoms. The number of carbonyl (C=O) groups excluding carboxylic acids is 2. The molecule has 1 N–H and O–H groups in total. The van der Waals surface area contributed by atoms with E-state index in [1.54, 1.807) is 6.07 Å². The fourth-order valence-electron chi connectivity index (χ4n) is 1.96. The summed E-state index contributed by atoms with van der Waals surface area (Å²) in [6.45, 7) is 1.26. The number of aromatic nitrogens is 1. The first-order chi connectivity index (χ1) is 10.3. The van der Waals surface area contributed by atoms with Gasteiger partial charge in [-0.15, -0.1) is 0 Å². The summed E-state index contributed by atoms with van der Waals surface area (Å²) in [5.41, 5.74) is -0.346. The second kappa shape index (κ2) is 5.77. The molecule has 1 aromatic carbocycles. The summed E-state index contributed by atoms with van der Waals surface area (Å²) in [4.78, 5) is 23.4. The van der Waals surface area contributed by atoms with Gasteiger partial charge in [0.15, 0.2) is 5.78 Å². The van der Waals surface area contributed by atoms with Crippen molar-refractivity contribution in [2.75, 3.05) is 5.32 Å². The predicted molar refractivity (Wildman–Crippen MR) is 74.4 cm³/mol. The molecule has 7 heteroatoms. The third-order valence-corrected chi connectivity index (χ3v) is 3.11. The highest BCUT2D eigenvalue weighted by Crippen LogP contribution is 2.18. The van der Waals surface area contributed by atoms with Gasteiger partial charge >= 0.3 is 0 Å². The van der Waals surface area contributed by atoms with E-state index in [-0.39, 0.29) is 28.3 Å². The molecule has 1 aromatic heterocycles. The van der Waals surface area contributed by atoms with E-state index in [0.717, 1.165) is 22.8 Å². The number of halogens is 2. The minimum atomic E-state index is -0.856. The summed E-state index contributed by atoms with van der Waals surface area (Å²) in [5.74, 6) is -2.75. The number of benzene rings is 1. The number of amides is 1. The molecular weight excluding hydrogens is 292 g/mol. The summed E-state index contributed by atoms with van der Waals surface area (Å²) < 4.78 is 28.2. The van der Waals surface area contributed by atoms with Gasteiger partial charge in [-0.25, -0.2) is 4.39 Å². The van der Waals surface area contributed by atoms with E-state index in [1.807, 2.05) is 0 Å². The maximum atomic E-state index is 14.0. The topological polar surface area (TPSA) is 74.9 Å². The van der Waals surface area contributed by atoms with Crippen LogP contribution >= 0.6 is 0 Å². The number of hydrogen-bond donors (Lipinski definition) is 1. The van der Waals surface area contributed by atoms with Crippen molar-refractivity contribution in [2.45, 2.75) is 6.92 Å². The Balaban J connectivity index is 2.32. The quantitative estimate of drug-likeness (QED) is 0.886. The molecular formula is C15H11F2N3O2. The van der Waals surface area contributed by atoms with Gasteiger partial charge in [0, 0.05) is 19.7 Å². The van der Waals surface area contributed by atoms with Crippen molar-refractivity contribution in [3.63, 3.8) is 0 Å². The molecule has 0 aliphatic heterocycles. The Kier molecular flexibility index (Phi) is 4.04. The molecule has 0 unspecified atom stereocenters. The molecule has 5 nitrogen and oxygen atoms in total. The summed E-state index contributed by atoms with van der Waals surface area (Å²) in [6.07, 6.45) is 0. The lowest BCUT2D eigenvalue weighted by Crippen LogP contribution is -2.13. The highest BCUT2D eigenvalue weighted by molar-refractivity contribution is 6.06. The van der Waals surface area contributed by atoms with Crippen molar-refractivity contribution in [3.8, 4) is 6.07 Å². The molecule has 0 aliphatic rings. The molecule has 0 fully saturated rings. The Labute approximate surface area is 124 Å². The first-order valence-corrected chi connectivity index (χ1v) is 6.22. The molecule has 0 spiro atoms. The number of hydrogen-bond acceptors (Lipinski definition) is 3. The second-order valence-corrected chi connectivity index (χ2v) is 4.61. The zero-order valence-corrected chi connectivity index (χ0v) is 11.8. The zero-order valence-electron chi connectivity index (χ0n) is 11.8. The summed E-state index contributed by atoms with van der Waals surface area (Å²) in [5, 5.41) is 11.1. The van der Waals surface area contributed by atoms with Crippen molar-refractivity contribution in [2.24, 2.45) is 7.05 Å².